The van der Waals surface area contributed by atoms with E-state index in [1.165, 1.54) is 96.3 Å². The molecule has 11 heteroatoms. The number of nitrogens with zero attached hydrogens (tertiary/aromatic N) is 1. The van der Waals surface area contributed by atoms with Crippen molar-refractivity contribution in [3.63, 3.8) is 0 Å². The quantitative estimate of drug-likeness (QED) is 0.0208. The van der Waals surface area contributed by atoms with Crippen LogP contribution in [0.25, 0.3) is 0 Å². The van der Waals surface area contributed by atoms with Crippen LogP contribution in [0.5, 0.6) is 0 Å². The van der Waals surface area contributed by atoms with Crippen molar-refractivity contribution >= 4 is 19.8 Å². The molecule has 10 nitrogen and oxygen atoms in total. The highest BCUT2D eigenvalue weighted by Crippen LogP contribution is 2.38. The lowest BCUT2D eigenvalue weighted by Crippen LogP contribution is -2.37. The van der Waals surface area contributed by atoms with Crippen LogP contribution in [0.1, 0.15) is 200 Å². The number of hydrogen-bond donors (Lipinski definition) is 1. The zero-order chi connectivity index (χ0) is 46.4. The maximum Gasteiger partial charge on any atom is 0.306 e. The lowest BCUT2D eigenvalue weighted by atomic mass is 10.0. The molecule has 1 unspecified atom stereocenters. The minimum atomic E-state index is -4.65. The van der Waals surface area contributed by atoms with E-state index in [-0.39, 0.29) is 32.7 Å². The molecule has 0 saturated heterocycles. The van der Waals surface area contributed by atoms with Crippen LogP contribution in [-0.2, 0) is 32.7 Å². The van der Waals surface area contributed by atoms with Gasteiger partial charge in [-0.05, 0) is 83.5 Å². The normalized spacial score (nSPS) is 13.9. The molecule has 0 aliphatic carbocycles. The number of rotatable bonds is 46. The first-order chi connectivity index (χ1) is 30.5. The Morgan fingerprint density at radius 3 is 1.44 bits per heavy atom. The summed E-state index contributed by atoms with van der Waals surface area (Å²) in [6.07, 6.45) is 52.7. The largest absolute Gasteiger partial charge is 0.756 e. The highest BCUT2D eigenvalue weighted by molar-refractivity contribution is 7.45. The van der Waals surface area contributed by atoms with Crippen molar-refractivity contribution < 1.29 is 47.2 Å². The van der Waals surface area contributed by atoms with Gasteiger partial charge in [0.15, 0.2) is 6.10 Å². The van der Waals surface area contributed by atoms with E-state index in [1.54, 1.807) is 0 Å². The number of likely N-dealkylation sites (N-methyl/N-ethyl adjacent to an activating group) is 1. The smallest absolute Gasteiger partial charge is 0.306 e. The van der Waals surface area contributed by atoms with Gasteiger partial charge in [-0.25, -0.2) is 0 Å². The van der Waals surface area contributed by atoms with Crippen LogP contribution in [0.2, 0.25) is 0 Å². The lowest BCUT2D eigenvalue weighted by molar-refractivity contribution is -0.870. The van der Waals surface area contributed by atoms with E-state index in [4.69, 9.17) is 23.6 Å². The van der Waals surface area contributed by atoms with Crippen LogP contribution < -0.4 is 4.89 Å². The molecule has 63 heavy (non-hydrogen) atoms. The summed E-state index contributed by atoms with van der Waals surface area (Å²) in [6.45, 7) is 2.17. The molecular weight excluding hydrogens is 814 g/mol. The molecule has 0 aliphatic heterocycles. The minimum Gasteiger partial charge on any atom is -0.756 e. The van der Waals surface area contributed by atoms with Crippen molar-refractivity contribution in [3.05, 3.63) is 60.8 Å². The number of esters is 2. The fourth-order valence-corrected chi connectivity index (χ4v) is 7.35. The molecule has 0 bridgehead atoms. The summed E-state index contributed by atoms with van der Waals surface area (Å²) in [6, 6.07) is 0. The Labute approximate surface area is 386 Å². The molecule has 0 aromatic carbocycles. The van der Waals surface area contributed by atoms with Crippen molar-refractivity contribution in [2.24, 2.45) is 0 Å². The van der Waals surface area contributed by atoms with E-state index >= 15 is 0 Å². The second kappa shape index (κ2) is 44.9. The second-order valence-corrected chi connectivity index (χ2v) is 19.3. The molecule has 2 atom stereocenters. The number of carbonyl (C=O) groups is 2. The molecule has 0 heterocycles. The fraction of sp³-hybridized carbons (Fsp3) is 0.769. The van der Waals surface area contributed by atoms with Crippen molar-refractivity contribution in [2.75, 3.05) is 54.1 Å². The Balaban J connectivity index is 4.33. The van der Waals surface area contributed by atoms with Gasteiger partial charge in [-0.2, -0.15) is 0 Å². The molecule has 0 rings (SSSR count). The summed E-state index contributed by atoms with van der Waals surface area (Å²) in [5, 5.41) is 8.81. The SMILES string of the molecule is CCCCCCCC/C=C\CCCCCCCCCCCCCC(=O)OC[C@H](COP(=O)([O-])OCC[N+](C)(C)C)OC(=O)CCC/C=C\C/C=C\C/C=C\C/C=C\CCCCCO. The number of phosphoric acid groups is 1. The lowest BCUT2D eigenvalue weighted by Gasteiger charge is -2.28. The van der Waals surface area contributed by atoms with Crippen LogP contribution >= 0.6 is 7.82 Å². The minimum absolute atomic E-state index is 0.0478. The molecular formula is C52H94NO9P. The van der Waals surface area contributed by atoms with Gasteiger partial charge >= 0.3 is 11.9 Å². The van der Waals surface area contributed by atoms with Crippen LogP contribution in [0, 0.1) is 0 Å². The molecule has 0 aliphatic rings. The van der Waals surface area contributed by atoms with Gasteiger partial charge in [0.25, 0.3) is 7.82 Å². The number of aliphatic hydroxyl groups excluding tert-OH is 1. The third-order valence-electron chi connectivity index (χ3n) is 10.6. The van der Waals surface area contributed by atoms with Crippen molar-refractivity contribution in [3.8, 4) is 0 Å². The average molecular weight is 908 g/mol. The van der Waals surface area contributed by atoms with Crippen LogP contribution in [0.3, 0.4) is 0 Å². The number of quaternary nitrogens is 1. The molecule has 0 aromatic rings. The highest BCUT2D eigenvalue weighted by Gasteiger charge is 2.21. The second-order valence-electron chi connectivity index (χ2n) is 17.9. The molecule has 0 fully saturated rings. The molecule has 0 saturated carbocycles. The van der Waals surface area contributed by atoms with Crippen LogP contribution in [-0.4, -0.2) is 81.7 Å². The summed E-state index contributed by atoms with van der Waals surface area (Å²) in [5.74, 6) is -0.914. The van der Waals surface area contributed by atoms with Gasteiger partial charge in [-0.1, -0.05) is 164 Å². The molecule has 1 N–H and O–H groups in total. The van der Waals surface area contributed by atoms with E-state index in [0.717, 1.165) is 70.6 Å². The van der Waals surface area contributed by atoms with Gasteiger partial charge in [0.05, 0.1) is 27.7 Å². The molecule has 366 valence electrons. The predicted molar refractivity (Wildman–Crippen MR) is 260 cm³/mol. The number of unbranched alkanes of at least 4 members (excludes halogenated alkanes) is 21. The predicted octanol–water partition coefficient (Wildman–Crippen LogP) is 13.1. The van der Waals surface area contributed by atoms with E-state index in [0.29, 0.717) is 23.9 Å². The number of aliphatic hydroxyl groups is 1. The van der Waals surface area contributed by atoms with Gasteiger partial charge in [-0.15, -0.1) is 0 Å². The Morgan fingerprint density at radius 2 is 0.952 bits per heavy atom. The Hall–Kier alpha value is -2.33. The van der Waals surface area contributed by atoms with E-state index in [9.17, 15) is 19.0 Å². The highest BCUT2D eigenvalue weighted by atomic mass is 31.2. The van der Waals surface area contributed by atoms with E-state index < -0.39 is 32.5 Å². The summed E-state index contributed by atoms with van der Waals surface area (Å²) in [5.41, 5.74) is 0. The number of ether oxygens (including phenoxy) is 2. The number of hydrogen-bond acceptors (Lipinski definition) is 9. The summed E-state index contributed by atoms with van der Waals surface area (Å²) in [4.78, 5) is 37.7. The fourth-order valence-electron chi connectivity index (χ4n) is 6.62. The molecule has 0 spiro atoms. The van der Waals surface area contributed by atoms with Crippen molar-refractivity contribution in [2.45, 2.75) is 206 Å². The standard InChI is InChI=1S/C52H94NO9P/c1-5-6-7-8-9-10-11-12-13-14-15-16-17-19-22-25-28-31-34-37-40-43-51(55)59-48-50(49-61-63(57,58)60-47-45-53(2,3)4)62-52(56)44-41-38-35-32-29-26-23-20-18-21-24-27-30-33-36-39-42-46-54/h12-13,18,21,23,26-27,30,32,35,50,54H,5-11,14-17,19-20,22,24-25,28-29,31,33-34,36-49H2,1-4H3/b13-12-,21-18-,26-23-,30-27-,35-32-/t50-/m1/s1. The van der Waals surface area contributed by atoms with Gasteiger partial charge in [0.2, 0.25) is 0 Å². The third-order valence-corrected chi connectivity index (χ3v) is 11.5. The first-order valence-corrected chi connectivity index (χ1v) is 26.6. The van der Waals surface area contributed by atoms with Crippen molar-refractivity contribution in [1.29, 1.82) is 0 Å². The summed E-state index contributed by atoms with van der Waals surface area (Å²) >= 11 is 0. The topological polar surface area (TPSA) is 131 Å². The molecule has 0 amide bonds. The zero-order valence-electron chi connectivity index (χ0n) is 40.7. The Morgan fingerprint density at radius 1 is 0.540 bits per heavy atom. The maximum atomic E-state index is 12.7. The van der Waals surface area contributed by atoms with Gasteiger partial charge < -0.3 is 33.0 Å². The van der Waals surface area contributed by atoms with Crippen LogP contribution in [0.4, 0.5) is 0 Å². The number of carbonyl (C=O) groups excluding carboxylic acids is 2. The summed E-state index contributed by atoms with van der Waals surface area (Å²) in [7, 11) is 1.11. The third kappa shape index (κ3) is 49.0. The van der Waals surface area contributed by atoms with Gasteiger partial charge in [0, 0.05) is 19.4 Å². The monoisotopic (exact) mass is 908 g/mol. The first-order valence-electron chi connectivity index (χ1n) is 25.1. The molecule has 0 radical (unpaired) electrons. The van der Waals surface area contributed by atoms with Crippen molar-refractivity contribution in [1.82, 2.24) is 0 Å². The average Bonchev–Trinajstić information content (AvgIpc) is 3.24. The summed E-state index contributed by atoms with van der Waals surface area (Å²) < 4.78 is 33.9. The van der Waals surface area contributed by atoms with Crippen LogP contribution in [0.15, 0.2) is 60.8 Å². The molecule has 0 aromatic heterocycles. The van der Waals surface area contributed by atoms with Gasteiger partial charge in [0.1, 0.15) is 19.8 Å². The van der Waals surface area contributed by atoms with Gasteiger partial charge in [-0.3, -0.25) is 14.2 Å². The maximum absolute atomic E-state index is 12.7. The zero-order valence-corrected chi connectivity index (χ0v) is 41.6. The number of allylic oxidation sites excluding steroid dienone is 10. The Bertz CT molecular complexity index is 1260. The Kier molecular flexibility index (Phi) is 43.2. The number of phosphoric ester groups is 1. The van der Waals surface area contributed by atoms with E-state index in [1.807, 2.05) is 27.2 Å². The first kappa shape index (κ1) is 60.7. The van der Waals surface area contributed by atoms with E-state index in [2.05, 4.69) is 61.6 Å².